The summed E-state index contributed by atoms with van der Waals surface area (Å²) in [6, 6.07) is 8.85. The molecule has 1 fully saturated rings. The quantitative estimate of drug-likeness (QED) is 0.437. The fourth-order valence-corrected chi connectivity index (χ4v) is 2.54. The number of nitrogens with zero attached hydrogens (tertiary/aromatic N) is 2. The van der Waals surface area contributed by atoms with Crippen molar-refractivity contribution in [3.63, 3.8) is 0 Å². The Kier molecular flexibility index (Phi) is 7.09. The van der Waals surface area contributed by atoms with Crippen LogP contribution in [0, 0.1) is 6.92 Å². The molecule has 0 radical (unpaired) electrons. The van der Waals surface area contributed by atoms with Gasteiger partial charge in [-0.1, -0.05) is 24.3 Å². The molecule has 0 heterocycles. The number of hydrogen-bond donors (Lipinski definition) is 2. The maximum absolute atomic E-state index is 11.7. The summed E-state index contributed by atoms with van der Waals surface area (Å²) >= 11 is 0. The van der Waals surface area contributed by atoms with E-state index in [1.807, 2.05) is 7.05 Å². The van der Waals surface area contributed by atoms with Crippen LogP contribution in [0.25, 0.3) is 0 Å². The third-order valence-corrected chi connectivity index (χ3v) is 4.13. The number of amides is 1. The molecule has 0 aromatic heterocycles. The van der Waals surface area contributed by atoms with Gasteiger partial charge in [0.1, 0.15) is 0 Å². The lowest BCUT2D eigenvalue weighted by molar-refractivity contribution is -0.121. The minimum Gasteiger partial charge on any atom is -0.357 e. The molecule has 0 atom stereocenters. The van der Waals surface area contributed by atoms with Gasteiger partial charge in [0.2, 0.25) is 5.91 Å². The average Bonchev–Trinajstić information content (AvgIpc) is 3.36. The van der Waals surface area contributed by atoms with Crippen LogP contribution in [-0.4, -0.2) is 42.9 Å². The number of hydrogen-bond acceptors (Lipinski definition) is 2. The smallest absolute Gasteiger partial charge is 0.220 e. The molecule has 0 spiro atoms. The van der Waals surface area contributed by atoms with Crippen molar-refractivity contribution in [2.24, 2.45) is 4.99 Å². The number of aryl methyl sites for hydroxylation is 1. The van der Waals surface area contributed by atoms with E-state index in [-0.39, 0.29) is 5.91 Å². The van der Waals surface area contributed by atoms with Crippen LogP contribution in [0.5, 0.6) is 0 Å². The second kappa shape index (κ2) is 9.30. The Balaban J connectivity index is 1.82. The first-order chi connectivity index (χ1) is 11.6. The van der Waals surface area contributed by atoms with Crippen LogP contribution in [0.1, 0.15) is 43.7 Å². The van der Waals surface area contributed by atoms with Gasteiger partial charge >= 0.3 is 0 Å². The highest BCUT2D eigenvalue weighted by molar-refractivity contribution is 5.80. The Morgan fingerprint density at radius 3 is 2.75 bits per heavy atom. The van der Waals surface area contributed by atoms with Gasteiger partial charge in [-0.3, -0.25) is 9.79 Å². The van der Waals surface area contributed by atoms with Gasteiger partial charge in [-0.15, -0.1) is 0 Å². The molecule has 0 bridgehead atoms. The zero-order chi connectivity index (χ0) is 17.4. The normalized spacial score (nSPS) is 14.4. The van der Waals surface area contributed by atoms with Gasteiger partial charge in [-0.25, -0.2) is 0 Å². The number of benzene rings is 1. The predicted molar refractivity (Wildman–Crippen MR) is 99.0 cm³/mol. The molecule has 132 valence electrons. The summed E-state index contributed by atoms with van der Waals surface area (Å²) in [6.45, 7) is 6.52. The molecule has 1 aliphatic carbocycles. The van der Waals surface area contributed by atoms with E-state index in [9.17, 15) is 4.79 Å². The molecular weight excluding hydrogens is 300 g/mol. The summed E-state index contributed by atoms with van der Waals surface area (Å²) in [7, 11) is 2.05. The Hall–Kier alpha value is -2.04. The Bertz CT molecular complexity index is 566. The molecule has 5 heteroatoms. The fourth-order valence-electron chi connectivity index (χ4n) is 2.54. The number of aliphatic imine (C=N–C) groups is 1. The van der Waals surface area contributed by atoms with Gasteiger partial charge in [-0.05, 0) is 44.2 Å². The first kappa shape index (κ1) is 18.3. The van der Waals surface area contributed by atoms with Crippen LogP contribution in [-0.2, 0) is 11.3 Å². The van der Waals surface area contributed by atoms with Crippen molar-refractivity contribution in [1.29, 1.82) is 0 Å². The molecule has 24 heavy (non-hydrogen) atoms. The van der Waals surface area contributed by atoms with Crippen molar-refractivity contribution < 1.29 is 4.79 Å². The molecule has 5 nitrogen and oxygen atoms in total. The number of nitrogens with one attached hydrogen (secondary N) is 2. The largest absolute Gasteiger partial charge is 0.357 e. The first-order valence-electron chi connectivity index (χ1n) is 8.93. The van der Waals surface area contributed by atoms with Gasteiger partial charge in [0, 0.05) is 39.1 Å². The maximum Gasteiger partial charge on any atom is 0.220 e. The molecule has 0 unspecified atom stereocenters. The monoisotopic (exact) mass is 330 g/mol. The summed E-state index contributed by atoms with van der Waals surface area (Å²) in [5.41, 5.74) is 2.59. The van der Waals surface area contributed by atoms with Gasteiger partial charge in [-0.2, -0.15) is 0 Å². The molecule has 1 aliphatic rings. The summed E-state index contributed by atoms with van der Waals surface area (Å²) < 4.78 is 0. The second-order valence-corrected chi connectivity index (χ2v) is 6.46. The van der Waals surface area contributed by atoms with E-state index in [0.717, 1.165) is 38.3 Å². The first-order valence-corrected chi connectivity index (χ1v) is 8.93. The van der Waals surface area contributed by atoms with Crippen LogP contribution >= 0.6 is 0 Å². The molecular formula is C19H30N4O. The zero-order valence-electron chi connectivity index (χ0n) is 15.1. The second-order valence-electron chi connectivity index (χ2n) is 6.46. The number of guanidine groups is 1. The van der Waals surface area contributed by atoms with E-state index >= 15 is 0 Å². The highest BCUT2D eigenvalue weighted by atomic mass is 16.1. The third kappa shape index (κ3) is 6.22. The molecule has 1 aromatic carbocycles. The highest BCUT2D eigenvalue weighted by Crippen LogP contribution is 2.18. The van der Waals surface area contributed by atoms with E-state index in [2.05, 4.69) is 58.6 Å². The van der Waals surface area contributed by atoms with Crippen molar-refractivity contribution in [2.75, 3.05) is 20.1 Å². The summed E-state index contributed by atoms with van der Waals surface area (Å²) in [5.74, 6) is 1.05. The van der Waals surface area contributed by atoms with Crippen molar-refractivity contribution >= 4 is 11.9 Å². The molecule has 0 aliphatic heterocycles. The maximum atomic E-state index is 11.7. The van der Waals surface area contributed by atoms with E-state index in [0.29, 0.717) is 19.0 Å². The molecule has 0 saturated heterocycles. The van der Waals surface area contributed by atoms with Crippen molar-refractivity contribution in [2.45, 2.75) is 52.1 Å². The van der Waals surface area contributed by atoms with Gasteiger partial charge < -0.3 is 15.5 Å². The van der Waals surface area contributed by atoms with Crippen LogP contribution in [0.3, 0.4) is 0 Å². The zero-order valence-corrected chi connectivity index (χ0v) is 15.1. The highest BCUT2D eigenvalue weighted by Gasteiger charge is 2.22. The lowest BCUT2D eigenvalue weighted by Gasteiger charge is -2.23. The van der Waals surface area contributed by atoms with Crippen LogP contribution < -0.4 is 10.6 Å². The molecule has 2 N–H and O–H groups in total. The summed E-state index contributed by atoms with van der Waals surface area (Å²) in [6.07, 6.45) is 3.61. The Morgan fingerprint density at radius 2 is 2.08 bits per heavy atom. The van der Waals surface area contributed by atoms with Gasteiger partial charge in [0.05, 0.1) is 0 Å². The van der Waals surface area contributed by atoms with E-state index < -0.39 is 0 Å². The van der Waals surface area contributed by atoms with Crippen molar-refractivity contribution in [1.82, 2.24) is 15.5 Å². The predicted octanol–water partition coefficient (Wildman–Crippen LogP) is 2.45. The molecule has 1 amide bonds. The fraction of sp³-hybridized carbons (Fsp3) is 0.579. The Morgan fingerprint density at radius 1 is 1.33 bits per heavy atom. The van der Waals surface area contributed by atoms with E-state index in [1.54, 1.807) is 0 Å². The van der Waals surface area contributed by atoms with Crippen molar-refractivity contribution in [3.8, 4) is 0 Å². The van der Waals surface area contributed by atoms with Gasteiger partial charge in [0.15, 0.2) is 5.96 Å². The SMILES string of the molecule is CCNC(=NCCCC(=O)NC1CC1)N(C)Cc1ccccc1C. The average molecular weight is 330 g/mol. The summed E-state index contributed by atoms with van der Waals surface area (Å²) in [5, 5.41) is 6.34. The number of carbonyl (C=O) groups is 1. The van der Waals surface area contributed by atoms with Crippen LogP contribution in [0.2, 0.25) is 0 Å². The minimum atomic E-state index is 0.158. The summed E-state index contributed by atoms with van der Waals surface area (Å²) in [4.78, 5) is 18.5. The third-order valence-electron chi connectivity index (χ3n) is 4.13. The standard InChI is InChI=1S/C19H30N4O/c1-4-20-19(21-13-7-10-18(24)22-17-11-12-17)23(3)14-16-9-6-5-8-15(16)2/h5-6,8-9,17H,4,7,10-14H2,1-3H3,(H,20,21)(H,22,24). The van der Waals surface area contributed by atoms with Gasteiger partial charge in [0.25, 0.3) is 0 Å². The van der Waals surface area contributed by atoms with Crippen molar-refractivity contribution in [3.05, 3.63) is 35.4 Å². The molecule has 2 rings (SSSR count). The topological polar surface area (TPSA) is 56.7 Å². The molecule has 1 saturated carbocycles. The van der Waals surface area contributed by atoms with Crippen LogP contribution in [0.4, 0.5) is 0 Å². The number of carbonyl (C=O) groups excluding carboxylic acids is 1. The lowest BCUT2D eigenvalue weighted by atomic mass is 10.1. The van der Waals surface area contributed by atoms with Crippen LogP contribution in [0.15, 0.2) is 29.3 Å². The molecule has 1 aromatic rings. The number of rotatable bonds is 8. The lowest BCUT2D eigenvalue weighted by Crippen LogP contribution is -2.38. The minimum absolute atomic E-state index is 0.158. The van der Waals surface area contributed by atoms with E-state index in [1.165, 1.54) is 11.1 Å². The Labute approximate surface area is 145 Å². The van der Waals surface area contributed by atoms with E-state index in [4.69, 9.17) is 0 Å².